The monoisotopic (exact) mass is 528 g/mol. The molecule has 2 aliphatic carbocycles. The fourth-order valence-electron chi connectivity index (χ4n) is 7.21. The highest BCUT2D eigenvalue weighted by molar-refractivity contribution is 8.00. The number of nitrogens with one attached hydrogen (secondary N) is 1. The first-order valence-corrected chi connectivity index (χ1v) is 14.2. The Morgan fingerprint density at radius 1 is 1.08 bits per heavy atom. The van der Waals surface area contributed by atoms with Crippen LogP contribution in [0.4, 0.5) is 0 Å². The van der Waals surface area contributed by atoms with Crippen LogP contribution >= 0.6 is 23.1 Å². The Hall–Kier alpha value is -2.59. The number of hydrogen-bond donors (Lipinski definition) is 2. The number of methoxy groups -OCH3 is 1. The van der Waals surface area contributed by atoms with E-state index in [1.807, 2.05) is 12.1 Å². The van der Waals surface area contributed by atoms with Crippen LogP contribution in [0.1, 0.15) is 48.5 Å². The largest absolute Gasteiger partial charge is 0.497 e. The van der Waals surface area contributed by atoms with Gasteiger partial charge in [0.05, 0.1) is 24.0 Å². The molecule has 0 unspecified atom stereocenters. The molecule has 2 saturated carbocycles. The Kier molecular flexibility index (Phi) is 5.99. The number of carbonyl (C=O) groups is 3. The molecule has 1 saturated heterocycles. The molecule has 36 heavy (non-hydrogen) atoms. The molecule has 0 radical (unpaired) electrons. The second kappa shape index (κ2) is 9.06. The van der Waals surface area contributed by atoms with E-state index in [0.29, 0.717) is 25.8 Å². The number of carboxylic acids is 1. The number of ether oxygens (including phenoxy) is 1. The fraction of sp³-hybridized carbons (Fsp3) is 0.538. The number of fused-ring (bicyclic) bond motifs is 9. The van der Waals surface area contributed by atoms with Crippen molar-refractivity contribution in [2.24, 2.45) is 29.6 Å². The average Bonchev–Trinajstić information content (AvgIpc) is 3.59. The van der Waals surface area contributed by atoms with Crippen molar-refractivity contribution in [2.75, 3.05) is 13.7 Å². The number of H-pyrrole nitrogens is 1. The van der Waals surface area contributed by atoms with Crippen LogP contribution in [0.15, 0.2) is 34.1 Å². The van der Waals surface area contributed by atoms with E-state index in [2.05, 4.69) is 17.1 Å². The molecule has 2 aliphatic heterocycles. The zero-order chi connectivity index (χ0) is 25.1. The number of thiazole rings is 1. The standard InChI is InChI=1S/C26H28N2O6S2/c1-34-13-8-6-12(7-9-13)17-18-14-11-15(21(18)35-23-22(17)36-26(33)27-23)20-19(14)24(31)28(25(20)32)10-4-2-3-5-16(29)30/h6-9,14-15,17-21H,2-5,10-11H2,1H3,(H,27,33)(H,29,30)/t14-,15+,17+,18-,19+,20-,21-/m1/s1. The smallest absolute Gasteiger partial charge is 0.305 e. The minimum atomic E-state index is -0.823. The van der Waals surface area contributed by atoms with Gasteiger partial charge in [0, 0.05) is 29.0 Å². The number of aliphatic carboxylic acids is 1. The lowest BCUT2D eigenvalue weighted by Gasteiger charge is -2.43. The second-order valence-corrected chi connectivity index (χ2v) is 12.5. The first kappa shape index (κ1) is 23.8. The van der Waals surface area contributed by atoms with E-state index in [1.165, 1.54) is 16.2 Å². The number of carboxylic acid groups (broad SMARTS) is 1. The maximum atomic E-state index is 13.5. The highest BCUT2D eigenvalue weighted by Crippen LogP contribution is 2.68. The Balaban J connectivity index is 1.28. The SMILES string of the molecule is COc1ccc([C@@H]2c3sc(=O)[nH]c3S[C@@H]3[C@H]4C[C@@H]([C@@H]5C(=O)N(CCCCCC(=O)O)C(=O)[C@H]45)[C@H]23)cc1. The summed E-state index contributed by atoms with van der Waals surface area (Å²) < 4.78 is 5.35. The molecule has 1 aromatic heterocycles. The number of hydrogen-bond acceptors (Lipinski definition) is 7. The fourth-order valence-corrected chi connectivity index (χ4v) is 10.1. The van der Waals surface area contributed by atoms with Crippen molar-refractivity contribution in [3.63, 3.8) is 0 Å². The molecule has 2 amide bonds. The summed E-state index contributed by atoms with van der Waals surface area (Å²) in [7, 11) is 1.63. The van der Waals surface area contributed by atoms with E-state index in [-0.39, 0.29) is 63.9 Å². The van der Waals surface area contributed by atoms with Crippen LogP contribution in [0.3, 0.4) is 0 Å². The van der Waals surface area contributed by atoms with Crippen molar-refractivity contribution >= 4 is 40.9 Å². The van der Waals surface area contributed by atoms with Gasteiger partial charge in [-0.2, -0.15) is 0 Å². The molecule has 0 spiro atoms. The number of nitrogens with zero attached hydrogens (tertiary/aromatic N) is 1. The molecule has 190 valence electrons. The van der Waals surface area contributed by atoms with Crippen molar-refractivity contribution < 1.29 is 24.2 Å². The normalized spacial score (nSPS) is 31.9. The number of thioether (sulfide) groups is 1. The molecule has 4 aliphatic rings. The van der Waals surface area contributed by atoms with Crippen molar-refractivity contribution in [1.82, 2.24) is 9.88 Å². The highest BCUT2D eigenvalue weighted by atomic mass is 32.2. The average molecular weight is 529 g/mol. The van der Waals surface area contributed by atoms with E-state index in [4.69, 9.17) is 9.84 Å². The number of aromatic amines is 1. The number of benzene rings is 1. The predicted molar refractivity (Wildman–Crippen MR) is 134 cm³/mol. The third-order valence-electron chi connectivity index (χ3n) is 8.56. The van der Waals surface area contributed by atoms with E-state index in [9.17, 15) is 19.2 Å². The van der Waals surface area contributed by atoms with Gasteiger partial charge in [-0.1, -0.05) is 29.9 Å². The Morgan fingerprint density at radius 3 is 2.50 bits per heavy atom. The van der Waals surface area contributed by atoms with E-state index < -0.39 is 5.97 Å². The van der Waals surface area contributed by atoms with Gasteiger partial charge < -0.3 is 14.8 Å². The molecule has 7 atom stereocenters. The number of likely N-dealkylation sites (tertiary alicyclic amines) is 1. The molecule has 2 bridgehead atoms. The van der Waals surface area contributed by atoms with E-state index in [0.717, 1.165) is 27.6 Å². The summed E-state index contributed by atoms with van der Waals surface area (Å²) in [5.41, 5.74) is 1.11. The van der Waals surface area contributed by atoms with Gasteiger partial charge in [0.15, 0.2) is 0 Å². The summed E-state index contributed by atoms with van der Waals surface area (Å²) in [5.74, 6) is -0.335. The Bertz CT molecular complexity index is 1270. The molecule has 10 heteroatoms. The molecular formula is C26H28N2O6S2. The minimum absolute atomic E-state index is 0.00465. The lowest BCUT2D eigenvalue weighted by Crippen LogP contribution is -2.42. The van der Waals surface area contributed by atoms with Crippen molar-refractivity contribution in [2.45, 2.75) is 48.3 Å². The van der Waals surface area contributed by atoms with Crippen LogP contribution in [-0.2, 0) is 14.4 Å². The lowest BCUT2D eigenvalue weighted by molar-refractivity contribution is -0.141. The number of rotatable bonds is 8. The zero-order valence-corrected chi connectivity index (χ0v) is 21.5. The van der Waals surface area contributed by atoms with Crippen LogP contribution in [0.25, 0.3) is 0 Å². The third-order valence-corrected chi connectivity index (χ3v) is 11.2. The number of amides is 2. The molecule has 2 aromatic rings. The predicted octanol–water partition coefficient (Wildman–Crippen LogP) is 3.56. The van der Waals surface area contributed by atoms with Gasteiger partial charge in [-0.3, -0.25) is 24.1 Å². The molecule has 6 rings (SSSR count). The number of unbranched alkanes of at least 4 members (excludes halogenated alkanes) is 2. The molecule has 1 aromatic carbocycles. The topological polar surface area (TPSA) is 117 Å². The summed E-state index contributed by atoms with van der Waals surface area (Å²) >= 11 is 2.95. The maximum absolute atomic E-state index is 13.5. The molecule has 8 nitrogen and oxygen atoms in total. The van der Waals surface area contributed by atoms with Gasteiger partial charge in [0.2, 0.25) is 11.8 Å². The van der Waals surface area contributed by atoms with Crippen molar-refractivity contribution in [3.8, 4) is 5.75 Å². The molecule has 3 fully saturated rings. The van der Waals surface area contributed by atoms with Gasteiger partial charge in [0.25, 0.3) is 0 Å². The highest BCUT2D eigenvalue weighted by Gasteiger charge is 2.69. The van der Waals surface area contributed by atoms with Gasteiger partial charge in [-0.25, -0.2) is 0 Å². The Labute approximate surface area is 216 Å². The second-order valence-electron chi connectivity index (χ2n) is 10.3. The van der Waals surface area contributed by atoms with Crippen LogP contribution in [-0.4, -0.2) is 51.7 Å². The number of imide groups is 1. The summed E-state index contributed by atoms with van der Waals surface area (Å²) in [4.78, 5) is 55.5. The maximum Gasteiger partial charge on any atom is 0.305 e. The first-order valence-electron chi connectivity index (χ1n) is 12.5. The van der Waals surface area contributed by atoms with Gasteiger partial charge in [0.1, 0.15) is 5.75 Å². The van der Waals surface area contributed by atoms with E-state index >= 15 is 0 Å². The zero-order valence-electron chi connectivity index (χ0n) is 19.8. The first-order chi connectivity index (χ1) is 17.4. The van der Waals surface area contributed by atoms with Crippen LogP contribution < -0.4 is 9.61 Å². The van der Waals surface area contributed by atoms with E-state index in [1.54, 1.807) is 18.9 Å². The van der Waals surface area contributed by atoms with Gasteiger partial charge in [-0.15, -0.1) is 11.8 Å². The summed E-state index contributed by atoms with van der Waals surface area (Å²) in [6.07, 6.45) is 2.84. The van der Waals surface area contributed by atoms with Crippen molar-refractivity contribution in [3.05, 3.63) is 44.4 Å². The third kappa shape index (κ3) is 3.63. The van der Waals surface area contributed by atoms with Crippen molar-refractivity contribution in [1.29, 1.82) is 0 Å². The summed E-state index contributed by atoms with van der Waals surface area (Å²) in [5, 5.41) is 9.91. The number of carbonyl (C=O) groups excluding carboxylic acids is 2. The molecule has 3 heterocycles. The van der Waals surface area contributed by atoms with Crippen LogP contribution in [0.5, 0.6) is 5.75 Å². The van der Waals surface area contributed by atoms with Gasteiger partial charge >= 0.3 is 10.8 Å². The van der Waals surface area contributed by atoms with Crippen LogP contribution in [0.2, 0.25) is 0 Å². The number of aromatic nitrogens is 1. The van der Waals surface area contributed by atoms with Crippen LogP contribution in [0, 0.1) is 29.6 Å². The van der Waals surface area contributed by atoms with Gasteiger partial charge in [-0.05, 0) is 54.7 Å². The summed E-state index contributed by atoms with van der Waals surface area (Å²) in [6, 6.07) is 7.99. The molecular weight excluding hydrogens is 500 g/mol. The molecule has 2 N–H and O–H groups in total. The summed E-state index contributed by atoms with van der Waals surface area (Å²) in [6.45, 7) is 0.370. The Morgan fingerprint density at radius 2 is 1.81 bits per heavy atom. The lowest BCUT2D eigenvalue weighted by atomic mass is 9.68. The quantitative estimate of drug-likeness (QED) is 0.397. The minimum Gasteiger partial charge on any atom is -0.497 e.